The number of ketones is 2. The molecule has 5 aromatic carbocycles. The number of aliphatic carboxylic acids is 1. The minimum Gasteiger partial charge on any atom is -0.477 e. The summed E-state index contributed by atoms with van der Waals surface area (Å²) < 4.78 is 12.2. The van der Waals surface area contributed by atoms with Crippen LogP contribution >= 0.6 is 0 Å². The molecule has 0 radical (unpaired) electrons. The van der Waals surface area contributed by atoms with E-state index in [1.165, 1.54) is 13.8 Å². The summed E-state index contributed by atoms with van der Waals surface area (Å²) in [5.41, 5.74) is 4.51. The van der Waals surface area contributed by atoms with Crippen LogP contribution in [0.25, 0.3) is 22.3 Å². The van der Waals surface area contributed by atoms with Crippen molar-refractivity contribution in [1.29, 1.82) is 0 Å². The molecule has 1 unspecified atom stereocenters. The van der Waals surface area contributed by atoms with Crippen LogP contribution in [0.15, 0.2) is 140 Å². The Kier molecular flexibility index (Phi) is 9.17. The van der Waals surface area contributed by atoms with Crippen molar-refractivity contribution in [1.82, 2.24) is 0 Å². The Hall–Kier alpha value is -5.59. The van der Waals surface area contributed by atoms with Crippen LogP contribution in [0.4, 0.5) is 0 Å². The highest BCUT2D eigenvalue weighted by Gasteiger charge is 2.39. The molecule has 0 bridgehead atoms. The summed E-state index contributed by atoms with van der Waals surface area (Å²) >= 11 is 0. The minimum atomic E-state index is -1.68. The Morgan fingerprint density at radius 1 is 0.644 bits per heavy atom. The van der Waals surface area contributed by atoms with E-state index in [9.17, 15) is 19.5 Å². The van der Waals surface area contributed by atoms with Gasteiger partial charge in [-0.1, -0.05) is 116 Å². The molecule has 0 saturated heterocycles. The van der Waals surface area contributed by atoms with E-state index in [0.29, 0.717) is 28.0 Å². The number of hydrogen-bond acceptors (Lipinski definition) is 5. The highest BCUT2D eigenvalue weighted by molar-refractivity contribution is 5.96. The second kappa shape index (κ2) is 13.4. The number of rotatable bonds is 12. The topological polar surface area (TPSA) is 89.9 Å². The van der Waals surface area contributed by atoms with Gasteiger partial charge in [0.15, 0.2) is 11.6 Å². The van der Waals surface area contributed by atoms with Crippen LogP contribution in [0.2, 0.25) is 0 Å². The van der Waals surface area contributed by atoms with Gasteiger partial charge in [-0.3, -0.25) is 9.59 Å². The van der Waals surface area contributed by atoms with Crippen molar-refractivity contribution in [3.63, 3.8) is 0 Å². The van der Waals surface area contributed by atoms with Crippen molar-refractivity contribution in [2.45, 2.75) is 25.7 Å². The molecule has 0 saturated carbocycles. The number of carbonyl (C=O) groups is 3. The monoisotopic (exact) mass is 596 g/mol. The highest BCUT2D eigenvalue weighted by Crippen LogP contribution is 2.39. The number of carboxylic acids is 1. The van der Waals surface area contributed by atoms with E-state index in [-0.39, 0.29) is 11.6 Å². The summed E-state index contributed by atoms with van der Waals surface area (Å²) in [5, 5.41) is 10.2. The van der Waals surface area contributed by atoms with Crippen LogP contribution in [-0.4, -0.2) is 28.9 Å². The Morgan fingerprint density at radius 3 is 1.51 bits per heavy atom. The molecule has 224 valence electrons. The van der Waals surface area contributed by atoms with E-state index in [4.69, 9.17) is 9.47 Å². The van der Waals surface area contributed by atoms with Gasteiger partial charge in [-0.25, -0.2) is 4.79 Å². The lowest BCUT2D eigenvalue weighted by Crippen LogP contribution is -2.40. The van der Waals surface area contributed by atoms with Crippen LogP contribution in [-0.2, 0) is 15.1 Å². The SMILES string of the molecule is C=CC(OC(Oc1ccccc1)C(=O)O)(c1ccc(-c2cccc(C(C)=O)c2)cc1)c1ccc(-c2cccc(C(C)=O)c2)cc1. The lowest BCUT2D eigenvalue weighted by atomic mass is 9.84. The first kappa shape index (κ1) is 30.9. The van der Waals surface area contributed by atoms with Gasteiger partial charge in [0.05, 0.1) is 0 Å². The van der Waals surface area contributed by atoms with E-state index in [0.717, 1.165) is 22.3 Å². The third kappa shape index (κ3) is 6.82. The second-order valence-corrected chi connectivity index (χ2v) is 10.6. The number of hydrogen-bond donors (Lipinski definition) is 1. The second-order valence-electron chi connectivity index (χ2n) is 10.6. The highest BCUT2D eigenvalue weighted by atomic mass is 16.7. The molecule has 0 aliphatic rings. The lowest BCUT2D eigenvalue weighted by molar-refractivity contribution is -0.187. The van der Waals surface area contributed by atoms with Crippen LogP contribution in [0.3, 0.4) is 0 Å². The fourth-order valence-corrected chi connectivity index (χ4v) is 5.16. The molecular weight excluding hydrogens is 564 g/mol. The molecule has 0 fully saturated rings. The molecule has 6 heteroatoms. The molecular formula is C39H32O6. The van der Waals surface area contributed by atoms with Gasteiger partial charge in [-0.15, -0.1) is 0 Å². The predicted octanol–water partition coefficient (Wildman–Crippen LogP) is 8.36. The molecule has 1 atom stereocenters. The fourth-order valence-electron chi connectivity index (χ4n) is 5.16. The zero-order valence-electron chi connectivity index (χ0n) is 25.0. The lowest BCUT2D eigenvalue weighted by Gasteiger charge is -2.34. The van der Waals surface area contributed by atoms with E-state index in [2.05, 4.69) is 6.58 Å². The summed E-state index contributed by atoms with van der Waals surface area (Å²) in [5.74, 6) is -1.02. The van der Waals surface area contributed by atoms with E-state index < -0.39 is 17.9 Å². The molecule has 0 amide bonds. The van der Waals surface area contributed by atoms with Crippen molar-refractivity contribution in [2.24, 2.45) is 0 Å². The molecule has 0 spiro atoms. The molecule has 0 aliphatic carbocycles. The van der Waals surface area contributed by atoms with Crippen molar-refractivity contribution in [3.05, 3.63) is 162 Å². The van der Waals surface area contributed by atoms with Crippen LogP contribution in [0.5, 0.6) is 5.75 Å². The van der Waals surface area contributed by atoms with Crippen LogP contribution < -0.4 is 4.74 Å². The van der Waals surface area contributed by atoms with Gasteiger partial charge in [0.2, 0.25) is 0 Å². The van der Waals surface area contributed by atoms with E-state index >= 15 is 0 Å². The molecule has 6 nitrogen and oxygen atoms in total. The van der Waals surface area contributed by atoms with Crippen molar-refractivity contribution in [2.75, 3.05) is 0 Å². The predicted molar refractivity (Wildman–Crippen MR) is 174 cm³/mol. The number of para-hydroxylation sites is 1. The van der Waals surface area contributed by atoms with Gasteiger partial charge in [0.1, 0.15) is 11.4 Å². The van der Waals surface area contributed by atoms with Gasteiger partial charge in [-0.2, -0.15) is 0 Å². The average Bonchev–Trinajstić information content (AvgIpc) is 3.07. The Balaban J connectivity index is 1.58. The molecule has 0 aliphatic heterocycles. The summed E-state index contributed by atoms with van der Waals surface area (Å²) in [4.78, 5) is 36.4. The zero-order valence-corrected chi connectivity index (χ0v) is 25.0. The normalized spacial score (nSPS) is 11.8. The van der Waals surface area contributed by atoms with Gasteiger partial charge < -0.3 is 14.6 Å². The summed E-state index contributed by atoms with van der Waals surface area (Å²) in [6, 6.07) is 38.3. The first-order chi connectivity index (χ1) is 21.7. The molecule has 0 aromatic heterocycles. The number of benzene rings is 5. The smallest absolute Gasteiger partial charge is 0.373 e. The molecule has 45 heavy (non-hydrogen) atoms. The Bertz CT molecular complexity index is 1740. The molecule has 5 rings (SSSR count). The largest absolute Gasteiger partial charge is 0.477 e. The first-order valence-electron chi connectivity index (χ1n) is 14.4. The molecule has 0 heterocycles. The minimum absolute atomic E-state index is 0.0258. The van der Waals surface area contributed by atoms with Crippen LogP contribution in [0.1, 0.15) is 45.7 Å². The summed E-state index contributed by atoms with van der Waals surface area (Å²) in [6.45, 7) is 7.14. The first-order valence-corrected chi connectivity index (χ1v) is 14.4. The molecule has 5 aromatic rings. The van der Waals surface area contributed by atoms with Crippen molar-refractivity contribution >= 4 is 17.5 Å². The zero-order chi connectivity index (χ0) is 32.0. The maximum atomic E-state index is 12.5. The van der Waals surface area contributed by atoms with E-state index in [1.807, 2.05) is 84.9 Å². The third-order valence-corrected chi connectivity index (χ3v) is 7.60. The van der Waals surface area contributed by atoms with E-state index in [1.54, 1.807) is 48.5 Å². The van der Waals surface area contributed by atoms with Gasteiger partial charge in [0, 0.05) is 11.1 Å². The Labute approximate surface area is 262 Å². The summed E-state index contributed by atoms with van der Waals surface area (Å²) in [6.07, 6.45) is -0.113. The van der Waals surface area contributed by atoms with Crippen LogP contribution in [0, 0.1) is 0 Å². The number of ether oxygens (including phenoxy) is 2. The van der Waals surface area contributed by atoms with Gasteiger partial charge in [-0.05, 0) is 71.5 Å². The van der Waals surface area contributed by atoms with Gasteiger partial charge in [0.25, 0.3) is 0 Å². The average molecular weight is 597 g/mol. The number of Topliss-reactive ketones (excluding diaryl/α,β-unsaturated/α-hetero) is 2. The maximum Gasteiger partial charge on any atom is 0.373 e. The maximum absolute atomic E-state index is 12.5. The quantitative estimate of drug-likeness (QED) is 0.0884. The van der Waals surface area contributed by atoms with Gasteiger partial charge >= 0.3 is 12.3 Å². The Morgan fingerprint density at radius 2 is 1.11 bits per heavy atom. The van der Waals surface area contributed by atoms with Crippen molar-refractivity contribution in [3.8, 4) is 28.0 Å². The summed E-state index contributed by atoms with van der Waals surface area (Å²) in [7, 11) is 0. The standard InChI is InChI=1S/C39H32O6/c1-4-39(45-38(37(42)43)44-36-14-6-5-7-15-36,34-20-16-28(17-21-34)32-12-8-10-30(24-32)26(2)40)35-22-18-29(19-23-35)33-13-9-11-31(25-33)27(3)41/h4-25,38H,1H2,2-3H3,(H,42,43). The number of carboxylic acid groups (broad SMARTS) is 1. The number of carbonyl (C=O) groups excluding carboxylic acids is 2. The third-order valence-electron chi connectivity index (χ3n) is 7.60. The molecule has 1 N–H and O–H groups in total. The fraction of sp³-hybridized carbons (Fsp3) is 0.103. The van der Waals surface area contributed by atoms with Crippen molar-refractivity contribution < 1.29 is 29.0 Å².